The number of para-hydroxylation sites is 1. The summed E-state index contributed by atoms with van der Waals surface area (Å²) in [6.45, 7) is 6.40. The first-order valence-electron chi connectivity index (χ1n) is 9.40. The van der Waals surface area contributed by atoms with Gasteiger partial charge in [-0.25, -0.2) is 4.98 Å². The van der Waals surface area contributed by atoms with Crippen LogP contribution in [0.4, 0.5) is 0 Å². The molecule has 1 aliphatic rings. The number of benzene rings is 1. The third-order valence-electron chi connectivity index (χ3n) is 5.13. The fourth-order valence-corrected chi connectivity index (χ4v) is 3.67. The summed E-state index contributed by atoms with van der Waals surface area (Å²) in [5.41, 5.74) is 0.840. The molecule has 2 heterocycles. The molecule has 5 nitrogen and oxygen atoms in total. The fraction of sp³-hybridized carbons (Fsp3) is 0.550. The van der Waals surface area contributed by atoms with Crippen LogP contribution in [-0.4, -0.2) is 33.4 Å². The Labute approximate surface area is 148 Å². The molecule has 0 bridgehead atoms. The van der Waals surface area contributed by atoms with Gasteiger partial charge >= 0.3 is 0 Å². The number of carbonyl (C=O) groups is 1. The normalized spacial score (nSPS) is 15.7. The van der Waals surface area contributed by atoms with Gasteiger partial charge in [0.05, 0.1) is 10.9 Å². The Kier molecular flexibility index (Phi) is 5.51. The van der Waals surface area contributed by atoms with E-state index in [0.29, 0.717) is 24.3 Å². The molecule has 0 spiro atoms. The maximum Gasteiger partial charge on any atom is 0.261 e. The van der Waals surface area contributed by atoms with Crippen molar-refractivity contribution in [3.63, 3.8) is 0 Å². The smallest absolute Gasteiger partial charge is 0.261 e. The molecule has 0 atom stereocenters. The molecule has 0 saturated carbocycles. The monoisotopic (exact) mass is 341 g/mol. The zero-order chi connectivity index (χ0) is 17.8. The van der Waals surface area contributed by atoms with E-state index in [2.05, 4.69) is 4.98 Å². The predicted octanol–water partition coefficient (Wildman–Crippen LogP) is 3.00. The van der Waals surface area contributed by atoms with Crippen molar-refractivity contribution in [1.82, 2.24) is 14.5 Å². The lowest BCUT2D eigenvalue weighted by atomic mass is 9.96. The van der Waals surface area contributed by atoms with Crippen LogP contribution in [0.3, 0.4) is 0 Å². The van der Waals surface area contributed by atoms with Gasteiger partial charge < -0.3 is 4.90 Å². The second kappa shape index (κ2) is 7.81. The van der Waals surface area contributed by atoms with Crippen molar-refractivity contribution in [2.45, 2.75) is 52.5 Å². The molecule has 134 valence electrons. The molecule has 1 aromatic heterocycles. The van der Waals surface area contributed by atoms with Gasteiger partial charge in [-0.3, -0.25) is 14.2 Å². The van der Waals surface area contributed by atoms with Gasteiger partial charge in [0.1, 0.15) is 5.82 Å². The quantitative estimate of drug-likeness (QED) is 0.840. The maximum atomic E-state index is 12.9. The number of nitrogens with zero attached hydrogens (tertiary/aromatic N) is 3. The highest BCUT2D eigenvalue weighted by molar-refractivity contribution is 5.77. The number of likely N-dealkylation sites (tertiary alicyclic amines) is 1. The van der Waals surface area contributed by atoms with E-state index in [0.717, 1.165) is 50.1 Å². The molecule has 2 aromatic rings. The third kappa shape index (κ3) is 3.75. The SMILES string of the molecule is CCCC(=O)N1CCC(Cn2c(CC)nc3ccccc3c2=O)CC1. The predicted molar refractivity (Wildman–Crippen MR) is 99.6 cm³/mol. The molecular weight excluding hydrogens is 314 g/mol. The topological polar surface area (TPSA) is 55.2 Å². The maximum absolute atomic E-state index is 12.9. The molecule has 25 heavy (non-hydrogen) atoms. The van der Waals surface area contributed by atoms with E-state index in [1.807, 2.05) is 47.6 Å². The number of piperidine rings is 1. The number of hydrogen-bond donors (Lipinski definition) is 0. The molecule has 1 fully saturated rings. The summed E-state index contributed by atoms with van der Waals surface area (Å²) in [4.78, 5) is 31.6. The van der Waals surface area contributed by atoms with Crippen molar-refractivity contribution in [2.24, 2.45) is 5.92 Å². The molecule has 5 heteroatoms. The molecule has 0 unspecified atom stereocenters. The summed E-state index contributed by atoms with van der Waals surface area (Å²) in [7, 11) is 0. The van der Waals surface area contributed by atoms with E-state index >= 15 is 0 Å². The molecule has 0 N–H and O–H groups in total. The van der Waals surface area contributed by atoms with Gasteiger partial charge in [0.25, 0.3) is 5.56 Å². The van der Waals surface area contributed by atoms with Crippen LogP contribution in [-0.2, 0) is 17.8 Å². The van der Waals surface area contributed by atoms with Crippen LogP contribution in [0.25, 0.3) is 10.9 Å². The number of amides is 1. The molecule has 0 aliphatic carbocycles. The summed E-state index contributed by atoms with van der Waals surface area (Å²) in [6, 6.07) is 7.56. The van der Waals surface area contributed by atoms with Crippen molar-refractivity contribution in [1.29, 1.82) is 0 Å². The van der Waals surface area contributed by atoms with Crippen LogP contribution in [0.1, 0.15) is 45.4 Å². The minimum absolute atomic E-state index is 0.0620. The van der Waals surface area contributed by atoms with Crippen LogP contribution in [0.15, 0.2) is 29.1 Å². The van der Waals surface area contributed by atoms with Gasteiger partial charge in [0, 0.05) is 32.5 Å². The van der Waals surface area contributed by atoms with Crippen molar-refractivity contribution in [3.05, 3.63) is 40.4 Å². The molecule has 0 radical (unpaired) electrons. The van der Waals surface area contributed by atoms with E-state index in [1.54, 1.807) is 0 Å². The average molecular weight is 341 g/mol. The lowest BCUT2D eigenvalue weighted by Crippen LogP contribution is -2.40. The van der Waals surface area contributed by atoms with Gasteiger partial charge in [-0.15, -0.1) is 0 Å². The highest BCUT2D eigenvalue weighted by atomic mass is 16.2. The van der Waals surface area contributed by atoms with Gasteiger partial charge in [-0.2, -0.15) is 0 Å². The van der Waals surface area contributed by atoms with Crippen LogP contribution >= 0.6 is 0 Å². The molecule has 1 aliphatic heterocycles. The first kappa shape index (κ1) is 17.6. The average Bonchev–Trinajstić information content (AvgIpc) is 2.64. The number of hydrogen-bond acceptors (Lipinski definition) is 3. The number of aromatic nitrogens is 2. The zero-order valence-corrected chi connectivity index (χ0v) is 15.2. The standard InChI is InChI=1S/C20H27N3O2/c1-3-7-19(24)22-12-10-15(11-13-22)14-23-18(4-2)21-17-9-6-5-8-16(17)20(23)25/h5-6,8-9,15H,3-4,7,10-14H2,1-2H3. The second-order valence-electron chi connectivity index (χ2n) is 6.89. The number of fused-ring (bicyclic) bond motifs is 1. The number of rotatable bonds is 5. The number of carbonyl (C=O) groups excluding carboxylic acids is 1. The van der Waals surface area contributed by atoms with E-state index < -0.39 is 0 Å². The molecule has 1 amide bonds. The highest BCUT2D eigenvalue weighted by Crippen LogP contribution is 2.20. The van der Waals surface area contributed by atoms with Crippen molar-refractivity contribution in [3.8, 4) is 0 Å². The van der Waals surface area contributed by atoms with E-state index in [-0.39, 0.29) is 11.5 Å². The summed E-state index contributed by atoms with van der Waals surface area (Å²) >= 11 is 0. The Morgan fingerprint density at radius 1 is 1.20 bits per heavy atom. The van der Waals surface area contributed by atoms with Crippen molar-refractivity contribution < 1.29 is 4.79 Å². The molecular formula is C20H27N3O2. The van der Waals surface area contributed by atoms with E-state index in [9.17, 15) is 9.59 Å². The number of aryl methyl sites for hydroxylation is 1. The largest absolute Gasteiger partial charge is 0.343 e. The second-order valence-corrected chi connectivity index (χ2v) is 6.89. The molecule has 1 saturated heterocycles. The highest BCUT2D eigenvalue weighted by Gasteiger charge is 2.23. The summed E-state index contributed by atoms with van der Waals surface area (Å²) in [6.07, 6.45) is 4.19. The zero-order valence-electron chi connectivity index (χ0n) is 15.2. The Morgan fingerprint density at radius 2 is 1.92 bits per heavy atom. The van der Waals surface area contributed by atoms with Crippen LogP contribution in [0.2, 0.25) is 0 Å². The minimum atomic E-state index is 0.0620. The van der Waals surface area contributed by atoms with Gasteiger partial charge in [-0.1, -0.05) is 26.0 Å². The van der Waals surface area contributed by atoms with Crippen molar-refractivity contribution in [2.75, 3.05) is 13.1 Å². The van der Waals surface area contributed by atoms with Crippen LogP contribution in [0.5, 0.6) is 0 Å². The Hall–Kier alpha value is -2.17. The first-order chi connectivity index (χ1) is 12.1. The molecule has 3 rings (SSSR count). The summed E-state index contributed by atoms with van der Waals surface area (Å²) < 4.78 is 1.86. The summed E-state index contributed by atoms with van der Waals surface area (Å²) in [5, 5.41) is 0.690. The van der Waals surface area contributed by atoms with Gasteiger partial charge in [0.15, 0.2) is 0 Å². The Balaban J connectivity index is 1.77. The van der Waals surface area contributed by atoms with Gasteiger partial charge in [0.2, 0.25) is 5.91 Å². The third-order valence-corrected chi connectivity index (χ3v) is 5.13. The van der Waals surface area contributed by atoms with E-state index in [1.165, 1.54) is 0 Å². The van der Waals surface area contributed by atoms with E-state index in [4.69, 9.17) is 0 Å². The van der Waals surface area contributed by atoms with Crippen LogP contribution < -0.4 is 5.56 Å². The summed E-state index contributed by atoms with van der Waals surface area (Å²) in [5.74, 6) is 1.55. The van der Waals surface area contributed by atoms with Gasteiger partial charge in [-0.05, 0) is 37.3 Å². The lowest BCUT2D eigenvalue weighted by molar-refractivity contribution is -0.132. The van der Waals surface area contributed by atoms with Crippen molar-refractivity contribution >= 4 is 16.8 Å². The fourth-order valence-electron chi connectivity index (χ4n) is 3.67. The van der Waals surface area contributed by atoms with Crippen LogP contribution in [0, 0.1) is 5.92 Å². The Bertz CT molecular complexity index is 804. The Morgan fingerprint density at radius 3 is 2.60 bits per heavy atom. The first-order valence-corrected chi connectivity index (χ1v) is 9.40. The molecule has 1 aromatic carbocycles. The minimum Gasteiger partial charge on any atom is -0.343 e. The lowest BCUT2D eigenvalue weighted by Gasteiger charge is -2.32.